The van der Waals surface area contributed by atoms with Crippen LogP contribution in [0, 0.1) is 5.92 Å². The Bertz CT molecular complexity index is 413. The van der Waals surface area contributed by atoms with Crippen LogP contribution in [0.15, 0.2) is 24.4 Å². The molecule has 0 saturated heterocycles. The number of carbonyl (C=O) groups excluding carboxylic acids is 1. The number of hydrogen-bond donors (Lipinski definition) is 1. The van der Waals surface area contributed by atoms with Crippen molar-refractivity contribution in [2.24, 2.45) is 5.92 Å². The lowest BCUT2D eigenvalue weighted by molar-refractivity contribution is -0.131. The molecule has 1 heterocycles. The Morgan fingerprint density at radius 3 is 2.90 bits per heavy atom. The van der Waals surface area contributed by atoms with Gasteiger partial charge < -0.3 is 15.0 Å². The highest BCUT2D eigenvalue weighted by molar-refractivity contribution is 5.85. The zero-order valence-electron chi connectivity index (χ0n) is 12.5. The van der Waals surface area contributed by atoms with Gasteiger partial charge in [0.25, 0.3) is 0 Å². The van der Waals surface area contributed by atoms with Crippen molar-refractivity contribution in [3.05, 3.63) is 30.1 Å². The van der Waals surface area contributed by atoms with E-state index in [-0.39, 0.29) is 18.3 Å². The second-order valence-corrected chi connectivity index (χ2v) is 5.20. The smallest absolute Gasteiger partial charge is 0.236 e. The Kier molecular flexibility index (Phi) is 8.27. The molecule has 1 aliphatic carbocycles. The Morgan fingerprint density at radius 2 is 2.29 bits per heavy atom. The van der Waals surface area contributed by atoms with Gasteiger partial charge in [0.05, 0.1) is 25.4 Å². The number of amides is 1. The third-order valence-electron chi connectivity index (χ3n) is 3.40. The number of pyridine rings is 1. The van der Waals surface area contributed by atoms with E-state index < -0.39 is 0 Å². The first-order valence-electron chi connectivity index (χ1n) is 7.17. The zero-order chi connectivity index (χ0) is 14.2. The second kappa shape index (κ2) is 9.71. The molecular formula is C15H24ClN3O2. The molecule has 0 bridgehead atoms. The third-order valence-corrected chi connectivity index (χ3v) is 3.40. The predicted octanol–water partition coefficient (Wildman–Crippen LogP) is 1.48. The van der Waals surface area contributed by atoms with Crippen LogP contribution in [-0.2, 0) is 16.1 Å². The van der Waals surface area contributed by atoms with Crippen LogP contribution < -0.4 is 5.32 Å². The zero-order valence-corrected chi connectivity index (χ0v) is 13.3. The van der Waals surface area contributed by atoms with Crippen molar-refractivity contribution in [3.8, 4) is 0 Å². The molecule has 1 N–H and O–H groups in total. The molecule has 1 amide bonds. The van der Waals surface area contributed by atoms with Crippen LogP contribution in [-0.4, -0.2) is 49.1 Å². The molecule has 2 rings (SSSR count). The van der Waals surface area contributed by atoms with Crippen LogP contribution >= 0.6 is 12.4 Å². The van der Waals surface area contributed by atoms with E-state index in [4.69, 9.17) is 4.74 Å². The maximum atomic E-state index is 12.2. The Balaban J connectivity index is 0.00000220. The predicted molar refractivity (Wildman–Crippen MR) is 84.4 cm³/mol. The van der Waals surface area contributed by atoms with E-state index in [1.54, 1.807) is 18.2 Å². The fourth-order valence-corrected chi connectivity index (χ4v) is 2.00. The molecule has 0 aliphatic heterocycles. The summed E-state index contributed by atoms with van der Waals surface area (Å²) in [5.74, 6) is 0.888. The number of methoxy groups -OCH3 is 1. The van der Waals surface area contributed by atoms with Crippen molar-refractivity contribution in [3.63, 3.8) is 0 Å². The van der Waals surface area contributed by atoms with E-state index in [9.17, 15) is 4.79 Å². The molecule has 0 spiro atoms. The van der Waals surface area contributed by atoms with Gasteiger partial charge in [-0.15, -0.1) is 12.4 Å². The van der Waals surface area contributed by atoms with Gasteiger partial charge in [-0.1, -0.05) is 6.07 Å². The average Bonchev–Trinajstić information content (AvgIpc) is 3.28. The summed E-state index contributed by atoms with van der Waals surface area (Å²) in [6.07, 6.45) is 4.34. The van der Waals surface area contributed by atoms with Crippen molar-refractivity contribution < 1.29 is 9.53 Å². The lowest BCUT2D eigenvalue weighted by Gasteiger charge is -2.22. The number of halogens is 1. The molecule has 0 aromatic carbocycles. The standard InChI is InChI=1S/C15H23N3O2.ClH/c1-20-9-8-18(12-14-4-2-3-7-17-14)15(19)11-16-10-13-5-6-13;/h2-4,7,13,16H,5-6,8-12H2,1H3;1H. The molecule has 5 nitrogen and oxygen atoms in total. The van der Waals surface area contributed by atoms with Crippen LogP contribution in [0.3, 0.4) is 0 Å². The summed E-state index contributed by atoms with van der Waals surface area (Å²) in [5.41, 5.74) is 0.902. The van der Waals surface area contributed by atoms with Crippen molar-refractivity contribution in [1.29, 1.82) is 0 Å². The number of carbonyl (C=O) groups is 1. The molecule has 0 atom stereocenters. The van der Waals surface area contributed by atoms with Crippen LogP contribution in [0.2, 0.25) is 0 Å². The van der Waals surface area contributed by atoms with E-state index in [1.165, 1.54) is 12.8 Å². The highest BCUT2D eigenvalue weighted by atomic mass is 35.5. The van der Waals surface area contributed by atoms with Gasteiger partial charge in [-0.2, -0.15) is 0 Å². The minimum Gasteiger partial charge on any atom is -0.383 e. The van der Waals surface area contributed by atoms with Crippen molar-refractivity contribution in [2.75, 3.05) is 33.4 Å². The quantitative estimate of drug-likeness (QED) is 0.750. The van der Waals surface area contributed by atoms with E-state index in [2.05, 4.69) is 10.3 Å². The molecule has 1 saturated carbocycles. The Hall–Kier alpha value is -1.17. The fraction of sp³-hybridized carbons (Fsp3) is 0.600. The largest absolute Gasteiger partial charge is 0.383 e. The topological polar surface area (TPSA) is 54.5 Å². The number of hydrogen-bond acceptors (Lipinski definition) is 4. The summed E-state index contributed by atoms with van der Waals surface area (Å²) in [5, 5.41) is 3.24. The summed E-state index contributed by atoms with van der Waals surface area (Å²) in [7, 11) is 1.65. The van der Waals surface area contributed by atoms with Crippen LogP contribution in [0.1, 0.15) is 18.5 Å². The number of aromatic nitrogens is 1. The molecule has 118 valence electrons. The highest BCUT2D eigenvalue weighted by Crippen LogP contribution is 2.27. The maximum Gasteiger partial charge on any atom is 0.236 e. The number of ether oxygens (including phenoxy) is 1. The normalized spacial score (nSPS) is 13.6. The molecule has 1 aliphatic rings. The van der Waals surface area contributed by atoms with Crippen molar-refractivity contribution >= 4 is 18.3 Å². The van der Waals surface area contributed by atoms with Gasteiger partial charge in [-0.3, -0.25) is 9.78 Å². The molecule has 1 fully saturated rings. The van der Waals surface area contributed by atoms with Crippen molar-refractivity contribution in [2.45, 2.75) is 19.4 Å². The van der Waals surface area contributed by atoms with Crippen LogP contribution in [0.25, 0.3) is 0 Å². The first-order chi connectivity index (χ1) is 9.79. The summed E-state index contributed by atoms with van der Waals surface area (Å²) in [6, 6.07) is 5.75. The van der Waals surface area contributed by atoms with Gasteiger partial charge in [-0.25, -0.2) is 0 Å². The monoisotopic (exact) mass is 313 g/mol. The average molecular weight is 314 g/mol. The molecule has 21 heavy (non-hydrogen) atoms. The van der Waals surface area contributed by atoms with Crippen LogP contribution in [0.4, 0.5) is 0 Å². The first kappa shape index (κ1) is 17.9. The van der Waals surface area contributed by atoms with Crippen molar-refractivity contribution in [1.82, 2.24) is 15.2 Å². The molecule has 6 heteroatoms. The SMILES string of the molecule is COCCN(Cc1ccccn1)C(=O)CNCC1CC1.Cl. The summed E-state index contributed by atoms with van der Waals surface area (Å²) < 4.78 is 5.08. The number of nitrogens with zero attached hydrogens (tertiary/aromatic N) is 2. The molecule has 1 aromatic rings. The lowest BCUT2D eigenvalue weighted by Crippen LogP contribution is -2.40. The van der Waals surface area contributed by atoms with Gasteiger partial charge in [0.15, 0.2) is 0 Å². The third kappa shape index (κ3) is 6.89. The number of rotatable bonds is 9. The molecular weight excluding hydrogens is 290 g/mol. The summed E-state index contributed by atoms with van der Waals surface area (Å²) in [4.78, 5) is 18.3. The van der Waals surface area contributed by atoms with Gasteiger partial charge in [0.2, 0.25) is 5.91 Å². The Morgan fingerprint density at radius 1 is 1.48 bits per heavy atom. The highest BCUT2D eigenvalue weighted by Gasteiger charge is 2.21. The summed E-state index contributed by atoms with van der Waals surface area (Å²) >= 11 is 0. The Labute approximate surface area is 132 Å². The van der Waals surface area contributed by atoms with E-state index in [1.807, 2.05) is 18.2 Å². The number of nitrogens with one attached hydrogen (secondary N) is 1. The summed E-state index contributed by atoms with van der Waals surface area (Å²) in [6.45, 7) is 3.02. The van der Waals surface area contributed by atoms with E-state index in [0.717, 1.165) is 18.2 Å². The first-order valence-corrected chi connectivity index (χ1v) is 7.17. The van der Waals surface area contributed by atoms with Gasteiger partial charge in [-0.05, 0) is 37.4 Å². The minimum absolute atomic E-state index is 0. The van der Waals surface area contributed by atoms with Gasteiger partial charge >= 0.3 is 0 Å². The second-order valence-electron chi connectivity index (χ2n) is 5.20. The van der Waals surface area contributed by atoms with Crippen LogP contribution in [0.5, 0.6) is 0 Å². The maximum absolute atomic E-state index is 12.2. The molecule has 0 unspecified atom stereocenters. The van der Waals surface area contributed by atoms with Gasteiger partial charge in [0, 0.05) is 19.9 Å². The molecule has 1 aromatic heterocycles. The lowest BCUT2D eigenvalue weighted by atomic mass is 10.3. The molecule has 0 radical (unpaired) electrons. The van der Waals surface area contributed by atoms with E-state index in [0.29, 0.717) is 26.2 Å². The fourth-order valence-electron chi connectivity index (χ4n) is 2.00. The van der Waals surface area contributed by atoms with E-state index >= 15 is 0 Å². The minimum atomic E-state index is 0. The van der Waals surface area contributed by atoms with Gasteiger partial charge in [0.1, 0.15) is 0 Å².